The molecule has 0 amide bonds. The molecule has 4 rings (SSSR count). The molecule has 3 N–H and O–H groups in total. The van der Waals surface area contributed by atoms with Gasteiger partial charge in [-0.1, -0.05) is 6.07 Å². The predicted molar refractivity (Wildman–Crippen MR) is 119 cm³/mol. The summed E-state index contributed by atoms with van der Waals surface area (Å²) < 4.78 is 29.7. The molecule has 0 aliphatic carbocycles. The highest BCUT2D eigenvalue weighted by molar-refractivity contribution is 5.75. The van der Waals surface area contributed by atoms with E-state index >= 15 is 4.39 Å². The minimum Gasteiger partial charge on any atom is -0.397 e. The minimum atomic E-state index is -0.619. The second-order valence-electron chi connectivity index (χ2n) is 7.10. The number of nitrogens with two attached hydrogens (primary N) is 1. The molecule has 32 heavy (non-hydrogen) atoms. The summed E-state index contributed by atoms with van der Waals surface area (Å²) in [5, 5.41) is 5.71. The molecule has 4 aromatic rings. The van der Waals surface area contributed by atoms with Crippen molar-refractivity contribution in [3.05, 3.63) is 88.9 Å². The monoisotopic (exact) mass is 432 g/mol. The van der Waals surface area contributed by atoms with Gasteiger partial charge in [0.15, 0.2) is 11.6 Å². The van der Waals surface area contributed by atoms with Crippen molar-refractivity contribution in [2.24, 2.45) is 5.18 Å². The van der Waals surface area contributed by atoms with Crippen molar-refractivity contribution in [2.45, 2.75) is 13.5 Å². The molecule has 0 spiro atoms. The molecule has 0 aliphatic rings. The molecule has 0 fully saturated rings. The Bertz CT molecular complexity index is 1310. The topological polar surface area (TPSA) is 106 Å². The maximum Gasteiger partial charge on any atom is 0.173 e. The lowest BCUT2D eigenvalue weighted by molar-refractivity contribution is 0.622. The number of pyridine rings is 3. The van der Waals surface area contributed by atoms with Crippen LogP contribution < -0.4 is 11.1 Å². The third-order valence-corrected chi connectivity index (χ3v) is 4.86. The molecule has 0 radical (unpaired) electrons. The van der Waals surface area contributed by atoms with Gasteiger partial charge in [-0.05, 0) is 59.6 Å². The molecule has 160 valence electrons. The van der Waals surface area contributed by atoms with Crippen LogP contribution in [-0.2, 0) is 6.54 Å². The number of nitroso groups, excluding NO2 is 1. The zero-order valence-electron chi connectivity index (χ0n) is 17.0. The molecule has 0 bridgehead atoms. The van der Waals surface area contributed by atoms with Crippen LogP contribution in [0.1, 0.15) is 11.3 Å². The van der Waals surface area contributed by atoms with Gasteiger partial charge in [-0.3, -0.25) is 9.97 Å². The molecule has 1 aromatic carbocycles. The maximum absolute atomic E-state index is 15.0. The smallest absolute Gasteiger partial charge is 0.173 e. The van der Waals surface area contributed by atoms with Gasteiger partial charge >= 0.3 is 0 Å². The summed E-state index contributed by atoms with van der Waals surface area (Å²) in [7, 11) is 0. The lowest BCUT2D eigenvalue weighted by atomic mass is 10.0. The fraction of sp³-hybridized carbons (Fsp3) is 0.0870. The molecule has 0 saturated carbocycles. The summed E-state index contributed by atoms with van der Waals surface area (Å²) in [5.74, 6) is -1.13. The van der Waals surface area contributed by atoms with Crippen molar-refractivity contribution in [3.63, 3.8) is 0 Å². The van der Waals surface area contributed by atoms with Crippen LogP contribution in [0.5, 0.6) is 0 Å². The van der Waals surface area contributed by atoms with Crippen LogP contribution >= 0.6 is 0 Å². The Morgan fingerprint density at radius 2 is 1.81 bits per heavy atom. The van der Waals surface area contributed by atoms with Gasteiger partial charge in [0, 0.05) is 42.0 Å². The second-order valence-corrected chi connectivity index (χ2v) is 7.10. The van der Waals surface area contributed by atoms with Gasteiger partial charge in [0.1, 0.15) is 17.2 Å². The number of nitrogen functional groups attached to an aromatic ring is 1. The van der Waals surface area contributed by atoms with Crippen molar-refractivity contribution in [1.29, 1.82) is 0 Å². The van der Waals surface area contributed by atoms with Crippen LogP contribution in [0, 0.1) is 23.5 Å². The molecule has 3 aromatic heterocycles. The molecule has 7 nitrogen and oxygen atoms in total. The van der Waals surface area contributed by atoms with Crippen molar-refractivity contribution >= 4 is 17.2 Å². The fourth-order valence-corrected chi connectivity index (χ4v) is 3.25. The van der Waals surface area contributed by atoms with Gasteiger partial charge in [0.05, 0.1) is 5.69 Å². The quantitative estimate of drug-likeness (QED) is 0.313. The number of nitrogens with one attached hydrogen (secondary N) is 1. The standard InChI is InChI=1S/C23H18F2N6O/c1-13-8-16(4-6-27-13)22-18(24)9-14(11-29-22)12-30-23-21(25)17(5-7-28-23)15-2-3-19(26)20(10-15)31-32/h2-11H,12,26H2,1H3,(H,28,30). The highest BCUT2D eigenvalue weighted by atomic mass is 19.1. The lowest BCUT2D eigenvalue weighted by Crippen LogP contribution is -2.06. The third-order valence-electron chi connectivity index (χ3n) is 4.86. The van der Waals surface area contributed by atoms with E-state index in [1.807, 2.05) is 6.92 Å². The number of benzene rings is 1. The van der Waals surface area contributed by atoms with Gasteiger partial charge in [0.25, 0.3) is 0 Å². The average molecular weight is 432 g/mol. The zero-order chi connectivity index (χ0) is 22.7. The van der Waals surface area contributed by atoms with E-state index in [2.05, 4.69) is 25.4 Å². The Morgan fingerprint density at radius 3 is 2.56 bits per heavy atom. The van der Waals surface area contributed by atoms with Crippen LogP contribution in [-0.4, -0.2) is 15.0 Å². The number of anilines is 2. The summed E-state index contributed by atoms with van der Waals surface area (Å²) in [6, 6.07) is 10.7. The number of aryl methyl sites for hydroxylation is 1. The molecule has 3 heterocycles. The van der Waals surface area contributed by atoms with Crippen LogP contribution in [0.25, 0.3) is 22.4 Å². The minimum absolute atomic E-state index is 0.0193. The first kappa shape index (κ1) is 21.0. The summed E-state index contributed by atoms with van der Waals surface area (Å²) in [5.41, 5.74) is 8.68. The van der Waals surface area contributed by atoms with E-state index in [1.54, 1.807) is 24.4 Å². The fourth-order valence-electron chi connectivity index (χ4n) is 3.25. The molecule has 0 unspecified atom stereocenters. The van der Waals surface area contributed by atoms with Crippen molar-refractivity contribution in [3.8, 4) is 22.4 Å². The zero-order valence-corrected chi connectivity index (χ0v) is 17.0. The highest BCUT2D eigenvalue weighted by Gasteiger charge is 2.14. The number of halogens is 2. The Balaban J connectivity index is 1.55. The number of rotatable bonds is 6. The molecule has 0 saturated heterocycles. The first-order valence-corrected chi connectivity index (χ1v) is 9.65. The summed E-state index contributed by atoms with van der Waals surface area (Å²) >= 11 is 0. The number of hydrogen-bond acceptors (Lipinski definition) is 7. The average Bonchev–Trinajstić information content (AvgIpc) is 2.79. The van der Waals surface area contributed by atoms with E-state index in [0.717, 1.165) is 5.69 Å². The summed E-state index contributed by atoms with van der Waals surface area (Å²) in [6.07, 6.45) is 4.54. The van der Waals surface area contributed by atoms with Crippen molar-refractivity contribution in [2.75, 3.05) is 11.1 Å². The first-order valence-electron chi connectivity index (χ1n) is 9.65. The second kappa shape index (κ2) is 8.84. The summed E-state index contributed by atoms with van der Waals surface area (Å²) in [4.78, 5) is 23.2. The van der Waals surface area contributed by atoms with Gasteiger partial charge in [-0.25, -0.2) is 13.8 Å². The molecular formula is C23H18F2N6O. The largest absolute Gasteiger partial charge is 0.397 e. The number of nitrogens with zero attached hydrogens (tertiary/aromatic N) is 4. The molecule has 0 atom stereocenters. The maximum atomic E-state index is 15.0. The first-order chi connectivity index (χ1) is 15.5. The normalized spacial score (nSPS) is 10.7. The highest BCUT2D eigenvalue weighted by Crippen LogP contribution is 2.32. The van der Waals surface area contributed by atoms with E-state index in [-0.39, 0.29) is 35.0 Å². The molecule has 0 aliphatic heterocycles. The van der Waals surface area contributed by atoms with Gasteiger partial charge in [-0.2, -0.15) is 0 Å². The predicted octanol–water partition coefficient (Wildman–Crippen LogP) is 5.38. The van der Waals surface area contributed by atoms with Gasteiger partial charge in [0.2, 0.25) is 0 Å². The summed E-state index contributed by atoms with van der Waals surface area (Å²) in [6.45, 7) is 1.92. The number of hydrogen-bond donors (Lipinski definition) is 2. The van der Waals surface area contributed by atoms with E-state index in [0.29, 0.717) is 16.7 Å². The van der Waals surface area contributed by atoms with Crippen molar-refractivity contribution < 1.29 is 8.78 Å². The van der Waals surface area contributed by atoms with Crippen molar-refractivity contribution in [1.82, 2.24) is 15.0 Å². The molecule has 9 heteroatoms. The Morgan fingerprint density at radius 1 is 1.00 bits per heavy atom. The molecular weight excluding hydrogens is 414 g/mol. The Hall–Kier alpha value is -4.27. The van der Waals surface area contributed by atoms with Crippen LogP contribution in [0.2, 0.25) is 0 Å². The Kier molecular flexibility index (Phi) is 5.80. The lowest BCUT2D eigenvalue weighted by Gasteiger charge is -2.11. The van der Waals surface area contributed by atoms with Crippen LogP contribution in [0.15, 0.2) is 66.2 Å². The number of aromatic nitrogens is 3. The van der Waals surface area contributed by atoms with E-state index < -0.39 is 11.6 Å². The van der Waals surface area contributed by atoms with E-state index in [4.69, 9.17) is 5.73 Å². The van der Waals surface area contributed by atoms with Crippen LogP contribution in [0.3, 0.4) is 0 Å². The van der Waals surface area contributed by atoms with E-state index in [1.165, 1.54) is 36.7 Å². The van der Waals surface area contributed by atoms with Gasteiger partial charge in [-0.15, -0.1) is 4.91 Å². The van der Waals surface area contributed by atoms with Crippen LogP contribution in [0.4, 0.5) is 26.0 Å². The third kappa shape index (κ3) is 4.27. The van der Waals surface area contributed by atoms with Gasteiger partial charge < -0.3 is 11.1 Å². The Labute approximate surface area is 182 Å². The SMILES string of the molecule is Cc1cc(-c2ncc(CNc3nccc(-c4ccc(N)c(N=O)c4)c3F)cc2F)ccn1. The van der Waals surface area contributed by atoms with E-state index in [9.17, 15) is 9.30 Å².